The number of aryl methyl sites for hydroxylation is 1. The van der Waals surface area contributed by atoms with E-state index in [1.165, 1.54) is 16.7 Å². The van der Waals surface area contributed by atoms with E-state index in [-0.39, 0.29) is 12.0 Å². The van der Waals surface area contributed by atoms with E-state index >= 15 is 0 Å². The van der Waals surface area contributed by atoms with Crippen LogP contribution in [0.15, 0.2) is 47.1 Å². The summed E-state index contributed by atoms with van der Waals surface area (Å²) in [5.41, 5.74) is 4.35. The average Bonchev–Trinajstić information content (AvgIpc) is 2.94. The molecule has 3 rings (SSSR count). The van der Waals surface area contributed by atoms with Crippen LogP contribution in [0.5, 0.6) is 0 Å². The first kappa shape index (κ1) is 23.6. The number of nitrogens with zero attached hydrogens (tertiary/aromatic N) is 2. The predicted molar refractivity (Wildman–Crippen MR) is 129 cm³/mol. The molecule has 2 aliphatic heterocycles. The van der Waals surface area contributed by atoms with Gasteiger partial charge in [0.1, 0.15) is 5.60 Å². The van der Waals surface area contributed by atoms with Crippen molar-refractivity contribution in [1.29, 1.82) is 0 Å². The highest BCUT2D eigenvalue weighted by Crippen LogP contribution is 2.43. The van der Waals surface area contributed by atoms with Gasteiger partial charge in [-0.3, -0.25) is 4.99 Å². The van der Waals surface area contributed by atoms with Crippen molar-refractivity contribution in [3.63, 3.8) is 0 Å². The van der Waals surface area contributed by atoms with Crippen LogP contribution in [-0.2, 0) is 4.74 Å². The molecule has 0 bridgehead atoms. The minimum absolute atomic E-state index is 0.167. The quantitative estimate of drug-likeness (QED) is 0.500. The third-order valence-corrected chi connectivity index (χ3v) is 6.34. The van der Waals surface area contributed by atoms with Gasteiger partial charge in [-0.25, -0.2) is 4.79 Å². The molecule has 168 valence electrons. The van der Waals surface area contributed by atoms with Gasteiger partial charge in [-0.15, -0.1) is 0 Å². The lowest BCUT2D eigenvalue weighted by molar-refractivity contribution is 0.0178. The van der Waals surface area contributed by atoms with E-state index in [4.69, 9.17) is 21.3 Å². The van der Waals surface area contributed by atoms with Crippen molar-refractivity contribution in [2.75, 3.05) is 13.1 Å². The molecule has 31 heavy (non-hydrogen) atoms. The fourth-order valence-electron chi connectivity index (χ4n) is 4.60. The van der Waals surface area contributed by atoms with Crippen molar-refractivity contribution in [2.45, 2.75) is 71.3 Å². The number of hydrogen-bond acceptors (Lipinski definition) is 3. The summed E-state index contributed by atoms with van der Waals surface area (Å²) < 4.78 is 5.58. The Hall–Kier alpha value is -2.07. The van der Waals surface area contributed by atoms with Gasteiger partial charge in [0, 0.05) is 30.2 Å². The third-order valence-electron chi connectivity index (χ3n) is 6.11. The zero-order valence-corrected chi connectivity index (χ0v) is 20.0. The van der Waals surface area contributed by atoms with Gasteiger partial charge in [0.25, 0.3) is 0 Å². The van der Waals surface area contributed by atoms with Crippen LogP contribution >= 0.6 is 11.6 Å². The van der Waals surface area contributed by atoms with Crippen LogP contribution in [0.3, 0.4) is 0 Å². The fourth-order valence-corrected chi connectivity index (χ4v) is 4.83. The normalized spacial score (nSPS) is 19.2. The Bertz CT molecular complexity index is 874. The van der Waals surface area contributed by atoms with E-state index in [2.05, 4.69) is 25.8 Å². The summed E-state index contributed by atoms with van der Waals surface area (Å²) in [4.78, 5) is 19.3. The molecule has 1 amide bonds. The number of hydrogen-bond donors (Lipinski definition) is 0. The summed E-state index contributed by atoms with van der Waals surface area (Å²) in [6, 6.07) is 6.16. The summed E-state index contributed by atoms with van der Waals surface area (Å²) in [6.45, 7) is 13.3. The second-order valence-corrected chi connectivity index (χ2v) is 10.0. The summed E-state index contributed by atoms with van der Waals surface area (Å²) in [5, 5.41) is 0.752. The summed E-state index contributed by atoms with van der Waals surface area (Å²) in [6.07, 6.45) is 8.72. The molecule has 0 aromatic heterocycles. The summed E-state index contributed by atoms with van der Waals surface area (Å²) in [5.74, 6) is 0.555. The Balaban J connectivity index is 1.90. The molecule has 2 heterocycles. The molecule has 1 atom stereocenters. The van der Waals surface area contributed by atoms with Gasteiger partial charge in [0.05, 0.1) is 5.70 Å². The molecule has 1 aromatic carbocycles. The molecule has 0 spiro atoms. The lowest BCUT2D eigenvalue weighted by Crippen LogP contribution is -2.42. The number of benzene rings is 1. The maximum Gasteiger partial charge on any atom is 0.410 e. The molecule has 5 heteroatoms. The van der Waals surface area contributed by atoms with Gasteiger partial charge in [0.2, 0.25) is 0 Å². The van der Waals surface area contributed by atoms with Crippen LogP contribution in [0.2, 0.25) is 5.02 Å². The molecule has 0 N–H and O–H groups in total. The molecule has 0 aliphatic carbocycles. The largest absolute Gasteiger partial charge is 0.444 e. The number of halogens is 1. The molecular formula is C26H35ClN2O2. The van der Waals surface area contributed by atoms with Crippen molar-refractivity contribution >= 4 is 23.9 Å². The molecule has 2 aliphatic rings. The second-order valence-electron chi connectivity index (χ2n) is 9.60. The van der Waals surface area contributed by atoms with Crippen LogP contribution in [0.25, 0.3) is 0 Å². The topological polar surface area (TPSA) is 41.9 Å². The Morgan fingerprint density at radius 2 is 2.03 bits per heavy atom. The van der Waals surface area contributed by atoms with E-state index < -0.39 is 5.60 Å². The first-order valence-corrected chi connectivity index (χ1v) is 11.7. The van der Waals surface area contributed by atoms with Crippen LogP contribution in [0, 0.1) is 12.8 Å². The Labute approximate surface area is 192 Å². The zero-order valence-electron chi connectivity index (χ0n) is 19.3. The predicted octanol–water partition coefficient (Wildman–Crippen LogP) is 7.07. The molecule has 1 aromatic rings. The molecule has 0 saturated carbocycles. The van der Waals surface area contributed by atoms with Crippen molar-refractivity contribution in [3.8, 4) is 0 Å². The minimum atomic E-state index is -0.477. The fraction of sp³-hybridized carbons (Fsp3) is 0.538. The van der Waals surface area contributed by atoms with E-state index in [9.17, 15) is 4.79 Å². The SMILES string of the molecule is C=CC1=C(C(c2ccc(Cl)cc2C)C2CCN(C(=O)OC(C)(C)C)CC2)N=CCCC1. The molecule has 1 saturated heterocycles. The maximum atomic E-state index is 12.5. The van der Waals surface area contributed by atoms with Crippen molar-refractivity contribution in [3.05, 3.63) is 58.3 Å². The van der Waals surface area contributed by atoms with E-state index in [1.807, 2.05) is 43.9 Å². The van der Waals surface area contributed by atoms with Crippen LogP contribution in [-0.4, -0.2) is 35.9 Å². The Kier molecular flexibility index (Phi) is 7.64. The highest BCUT2D eigenvalue weighted by Gasteiger charge is 2.34. The van der Waals surface area contributed by atoms with Gasteiger partial charge in [-0.2, -0.15) is 0 Å². The van der Waals surface area contributed by atoms with Crippen molar-refractivity contribution in [2.24, 2.45) is 10.9 Å². The third kappa shape index (κ3) is 6.00. The highest BCUT2D eigenvalue weighted by atomic mass is 35.5. The van der Waals surface area contributed by atoms with Crippen LogP contribution in [0.1, 0.15) is 69.9 Å². The minimum Gasteiger partial charge on any atom is -0.444 e. The van der Waals surface area contributed by atoms with Gasteiger partial charge in [-0.1, -0.05) is 30.3 Å². The number of carbonyl (C=O) groups is 1. The second kappa shape index (κ2) is 10.0. The summed E-state index contributed by atoms with van der Waals surface area (Å²) >= 11 is 6.27. The van der Waals surface area contributed by atoms with Crippen molar-refractivity contribution < 1.29 is 9.53 Å². The smallest absolute Gasteiger partial charge is 0.410 e. The molecular weight excluding hydrogens is 408 g/mol. The molecule has 1 fully saturated rings. The summed E-state index contributed by atoms with van der Waals surface area (Å²) in [7, 11) is 0. The zero-order chi connectivity index (χ0) is 22.6. The average molecular weight is 443 g/mol. The number of ether oxygens (including phenoxy) is 1. The Morgan fingerprint density at radius 1 is 1.32 bits per heavy atom. The molecule has 0 radical (unpaired) electrons. The van der Waals surface area contributed by atoms with E-state index in [1.54, 1.807) is 0 Å². The van der Waals surface area contributed by atoms with Gasteiger partial charge < -0.3 is 9.64 Å². The number of carbonyl (C=O) groups excluding carboxylic acids is 1. The van der Waals surface area contributed by atoms with E-state index in [0.717, 1.165) is 42.8 Å². The van der Waals surface area contributed by atoms with Crippen LogP contribution < -0.4 is 0 Å². The molecule has 1 unspecified atom stereocenters. The Morgan fingerprint density at radius 3 is 2.65 bits per heavy atom. The van der Waals surface area contributed by atoms with Gasteiger partial charge >= 0.3 is 6.09 Å². The number of aliphatic imine (C=N–C) groups is 1. The standard InChI is InChI=1S/C26H35ClN2O2/c1-6-19-9-7-8-14-28-24(19)23(22-11-10-21(27)17-18(22)2)20-12-15-29(16-13-20)25(30)31-26(3,4)5/h6,10-11,14,17,20,23H,1,7-9,12-13,15-16H2,2-5H3. The lowest BCUT2D eigenvalue weighted by atomic mass is 9.75. The van der Waals surface area contributed by atoms with Crippen molar-refractivity contribution in [1.82, 2.24) is 4.90 Å². The lowest BCUT2D eigenvalue weighted by Gasteiger charge is -2.38. The monoisotopic (exact) mass is 442 g/mol. The number of likely N-dealkylation sites (tertiary alicyclic amines) is 1. The number of allylic oxidation sites excluding steroid dienone is 3. The highest BCUT2D eigenvalue weighted by molar-refractivity contribution is 6.30. The first-order valence-electron chi connectivity index (χ1n) is 11.3. The number of rotatable bonds is 4. The first-order chi connectivity index (χ1) is 14.7. The van der Waals surface area contributed by atoms with Crippen LogP contribution in [0.4, 0.5) is 4.79 Å². The molecule has 4 nitrogen and oxygen atoms in total. The maximum absolute atomic E-state index is 12.5. The number of piperidine rings is 1. The number of amides is 1. The van der Waals surface area contributed by atoms with E-state index in [0.29, 0.717) is 19.0 Å². The van der Waals surface area contributed by atoms with Gasteiger partial charge in [0.15, 0.2) is 0 Å². The van der Waals surface area contributed by atoms with Gasteiger partial charge in [-0.05, 0) is 94.5 Å².